The molecule has 1 saturated heterocycles. The lowest BCUT2D eigenvalue weighted by molar-refractivity contribution is 0.120. The predicted molar refractivity (Wildman–Crippen MR) is 87.5 cm³/mol. The van der Waals surface area contributed by atoms with Crippen LogP contribution in [0.4, 0.5) is 5.82 Å². The molecule has 1 unspecified atom stereocenters. The summed E-state index contributed by atoms with van der Waals surface area (Å²) in [6, 6.07) is 7.44. The highest BCUT2D eigenvalue weighted by Gasteiger charge is 2.19. The number of fused-ring (bicyclic) bond motifs is 1. The number of anilines is 1. The Morgan fingerprint density at radius 3 is 2.87 bits per heavy atom. The number of nitrogens with zero attached hydrogens (tertiary/aromatic N) is 3. The van der Waals surface area contributed by atoms with Crippen LogP contribution in [0.1, 0.15) is 12.8 Å². The summed E-state index contributed by atoms with van der Waals surface area (Å²) >= 11 is 5.95. The summed E-state index contributed by atoms with van der Waals surface area (Å²) in [6.45, 7) is 1.53. The third-order valence-corrected chi connectivity index (χ3v) is 4.16. The van der Waals surface area contributed by atoms with Gasteiger partial charge in [0.25, 0.3) is 5.71 Å². The average molecular weight is 331 g/mol. The number of rotatable bonds is 4. The Balaban J connectivity index is 1.69. The van der Waals surface area contributed by atoms with Gasteiger partial charge in [-0.3, -0.25) is 0 Å². The zero-order valence-corrected chi connectivity index (χ0v) is 13.1. The van der Waals surface area contributed by atoms with Crippen LogP contribution in [0.15, 0.2) is 35.1 Å². The third-order valence-electron chi connectivity index (χ3n) is 3.91. The van der Waals surface area contributed by atoms with Gasteiger partial charge in [0.15, 0.2) is 0 Å². The van der Waals surface area contributed by atoms with Crippen LogP contribution in [0, 0.1) is 0 Å². The number of aromatic nitrogens is 3. The lowest BCUT2D eigenvalue weighted by atomic mass is 10.1. The SMILES string of the molecule is Clc1ccc(-c2noc3ncnc(NCC4CCCO4)c23)cc1. The van der Waals surface area contributed by atoms with E-state index in [-0.39, 0.29) is 6.10 Å². The standard InChI is InChI=1S/C16H15ClN4O2/c17-11-5-3-10(4-6-11)14-13-15(18-8-12-2-1-7-22-12)19-9-20-16(13)23-21-14/h3-6,9,12H,1-2,7-8H2,(H,18,19,20). The average Bonchev–Trinajstić information content (AvgIpc) is 3.23. The van der Waals surface area contributed by atoms with E-state index < -0.39 is 0 Å². The molecular formula is C16H15ClN4O2. The molecule has 4 rings (SSSR count). The lowest BCUT2D eigenvalue weighted by Crippen LogP contribution is -2.19. The first-order valence-corrected chi connectivity index (χ1v) is 7.91. The van der Waals surface area contributed by atoms with E-state index in [2.05, 4.69) is 20.4 Å². The minimum absolute atomic E-state index is 0.221. The highest BCUT2D eigenvalue weighted by molar-refractivity contribution is 6.30. The molecule has 0 bridgehead atoms. The molecule has 1 fully saturated rings. The summed E-state index contributed by atoms with van der Waals surface area (Å²) < 4.78 is 11.0. The van der Waals surface area contributed by atoms with E-state index >= 15 is 0 Å². The Morgan fingerprint density at radius 2 is 2.09 bits per heavy atom. The first-order valence-electron chi connectivity index (χ1n) is 7.53. The molecule has 6 nitrogen and oxygen atoms in total. The van der Waals surface area contributed by atoms with Crippen LogP contribution >= 0.6 is 11.6 Å². The van der Waals surface area contributed by atoms with E-state index in [0.29, 0.717) is 28.8 Å². The fourth-order valence-corrected chi connectivity index (χ4v) is 2.87. The van der Waals surface area contributed by atoms with E-state index in [0.717, 1.165) is 30.4 Å². The Morgan fingerprint density at radius 1 is 1.22 bits per heavy atom. The van der Waals surface area contributed by atoms with Crippen LogP contribution in [0.3, 0.4) is 0 Å². The summed E-state index contributed by atoms with van der Waals surface area (Å²) in [6.07, 6.45) is 3.86. The van der Waals surface area contributed by atoms with Crippen LogP contribution in [-0.2, 0) is 4.74 Å². The minimum atomic E-state index is 0.221. The van der Waals surface area contributed by atoms with Gasteiger partial charge < -0.3 is 14.6 Å². The Kier molecular flexibility index (Phi) is 3.85. The van der Waals surface area contributed by atoms with Gasteiger partial charge in [0.1, 0.15) is 23.2 Å². The number of nitrogens with one attached hydrogen (secondary N) is 1. The minimum Gasteiger partial charge on any atom is -0.376 e. The largest absolute Gasteiger partial charge is 0.376 e. The maximum absolute atomic E-state index is 5.95. The predicted octanol–water partition coefficient (Wildman–Crippen LogP) is 3.53. The molecule has 1 aromatic carbocycles. The quantitative estimate of drug-likeness (QED) is 0.789. The van der Waals surface area contributed by atoms with Crippen molar-refractivity contribution in [2.45, 2.75) is 18.9 Å². The molecule has 1 aliphatic heterocycles. The van der Waals surface area contributed by atoms with Crippen LogP contribution in [0.2, 0.25) is 5.02 Å². The Hall–Kier alpha value is -2.18. The second-order valence-electron chi connectivity index (χ2n) is 5.46. The zero-order chi connectivity index (χ0) is 15.6. The number of ether oxygens (including phenoxy) is 1. The van der Waals surface area contributed by atoms with E-state index in [9.17, 15) is 0 Å². The number of hydrogen-bond donors (Lipinski definition) is 1. The van der Waals surface area contributed by atoms with Crippen molar-refractivity contribution >= 4 is 28.5 Å². The smallest absolute Gasteiger partial charge is 0.263 e. The summed E-state index contributed by atoms with van der Waals surface area (Å²) in [4.78, 5) is 8.49. The molecule has 3 heterocycles. The van der Waals surface area contributed by atoms with E-state index in [1.54, 1.807) is 0 Å². The second-order valence-corrected chi connectivity index (χ2v) is 5.89. The number of benzene rings is 1. The number of halogens is 1. The first kappa shape index (κ1) is 14.4. The number of hydrogen-bond acceptors (Lipinski definition) is 6. The van der Waals surface area contributed by atoms with Crippen molar-refractivity contribution in [3.05, 3.63) is 35.6 Å². The van der Waals surface area contributed by atoms with Crippen molar-refractivity contribution in [3.63, 3.8) is 0 Å². The molecule has 1 N–H and O–H groups in total. The molecule has 1 aliphatic rings. The maximum Gasteiger partial charge on any atom is 0.263 e. The van der Waals surface area contributed by atoms with Gasteiger partial charge in [-0.05, 0) is 25.0 Å². The summed E-state index contributed by atoms with van der Waals surface area (Å²) in [7, 11) is 0. The molecule has 2 aromatic heterocycles. The molecule has 1 atom stereocenters. The fraction of sp³-hybridized carbons (Fsp3) is 0.312. The van der Waals surface area contributed by atoms with Crippen molar-refractivity contribution in [1.29, 1.82) is 0 Å². The molecular weight excluding hydrogens is 316 g/mol. The molecule has 0 spiro atoms. The second kappa shape index (κ2) is 6.14. The van der Waals surface area contributed by atoms with Gasteiger partial charge >= 0.3 is 0 Å². The molecule has 0 saturated carbocycles. The van der Waals surface area contributed by atoms with Crippen molar-refractivity contribution in [3.8, 4) is 11.3 Å². The monoisotopic (exact) mass is 330 g/mol. The Bertz CT molecular complexity index is 813. The zero-order valence-electron chi connectivity index (χ0n) is 12.3. The molecule has 7 heteroatoms. The molecule has 0 aliphatic carbocycles. The van der Waals surface area contributed by atoms with Gasteiger partial charge in [-0.25, -0.2) is 4.98 Å². The van der Waals surface area contributed by atoms with Crippen LogP contribution in [-0.4, -0.2) is 34.4 Å². The molecule has 3 aromatic rings. The van der Waals surface area contributed by atoms with Crippen LogP contribution < -0.4 is 5.32 Å². The fourth-order valence-electron chi connectivity index (χ4n) is 2.74. The normalized spacial score (nSPS) is 17.7. The molecule has 118 valence electrons. The van der Waals surface area contributed by atoms with Crippen LogP contribution in [0.25, 0.3) is 22.4 Å². The van der Waals surface area contributed by atoms with Crippen molar-refractivity contribution in [2.24, 2.45) is 0 Å². The highest BCUT2D eigenvalue weighted by Crippen LogP contribution is 2.31. The van der Waals surface area contributed by atoms with Gasteiger partial charge in [-0.1, -0.05) is 28.9 Å². The maximum atomic E-state index is 5.95. The van der Waals surface area contributed by atoms with E-state index in [4.69, 9.17) is 20.9 Å². The summed E-state index contributed by atoms with van der Waals surface area (Å²) in [5.74, 6) is 0.705. The molecule has 0 amide bonds. The lowest BCUT2D eigenvalue weighted by Gasteiger charge is -2.11. The van der Waals surface area contributed by atoms with Gasteiger partial charge in [-0.15, -0.1) is 0 Å². The van der Waals surface area contributed by atoms with Gasteiger partial charge in [0, 0.05) is 23.7 Å². The van der Waals surface area contributed by atoms with Gasteiger partial charge in [-0.2, -0.15) is 4.98 Å². The van der Waals surface area contributed by atoms with Gasteiger partial charge in [0.2, 0.25) is 0 Å². The molecule has 23 heavy (non-hydrogen) atoms. The topological polar surface area (TPSA) is 73.1 Å². The molecule has 0 radical (unpaired) electrons. The van der Waals surface area contributed by atoms with Crippen molar-refractivity contribution in [2.75, 3.05) is 18.5 Å². The van der Waals surface area contributed by atoms with Crippen molar-refractivity contribution in [1.82, 2.24) is 15.1 Å². The Labute approximate surface area is 137 Å². The van der Waals surface area contributed by atoms with E-state index in [1.807, 2.05) is 24.3 Å². The van der Waals surface area contributed by atoms with Crippen molar-refractivity contribution < 1.29 is 9.26 Å². The highest BCUT2D eigenvalue weighted by atomic mass is 35.5. The first-order chi connectivity index (χ1) is 11.3. The van der Waals surface area contributed by atoms with Gasteiger partial charge in [0.05, 0.1) is 6.10 Å². The third kappa shape index (κ3) is 2.87. The summed E-state index contributed by atoms with van der Waals surface area (Å²) in [5.41, 5.74) is 2.06. The summed E-state index contributed by atoms with van der Waals surface area (Å²) in [5, 5.41) is 8.93. The van der Waals surface area contributed by atoms with Crippen LogP contribution in [0.5, 0.6) is 0 Å². The van der Waals surface area contributed by atoms with E-state index in [1.165, 1.54) is 6.33 Å².